The highest BCUT2D eigenvalue weighted by Crippen LogP contribution is 2.19. The van der Waals surface area contributed by atoms with Gasteiger partial charge in [-0.2, -0.15) is 0 Å². The average molecular weight is 347 g/mol. The summed E-state index contributed by atoms with van der Waals surface area (Å²) in [6.07, 6.45) is 7.00. The van der Waals surface area contributed by atoms with Gasteiger partial charge in [-0.05, 0) is 45.7 Å². The topological polar surface area (TPSA) is 87.2 Å². The fraction of sp³-hybridized carbons (Fsp3) is 0.667. The first-order valence-electron chi connectivity index (χ1n) is 9.13. The van der Waals surface area contributed by atoms with Crippen molar-refractivity contribution < 1.29 is 9.59 Å². The molecule has 138 valence electrons. The Morgan fingerprint density at radius 1 is 1.32 bits per heavy atom. The molecule has 0 bridgehead atoms. The lowest BCUT2D eigenvalue weighted by molar-refractivity contribution is -0.129. The Hall–Kier alpha value is -2.02. The highest BCUT2D eigenvalue weighted by atomic mass is 16.2. The Balaban J connectivity index is 1.88. The highest BCUT2D eigenvalue weighted by Gasteiger charge is 2.31. The first-order chi connectivity index (χ1) is 12.0. The molecule has 1 saturated heterocycles. The summed E-state index contributed by atoms with van der Waals surface area (Å²) in [5.74, 6) is 0.201. The van der Waals surface area contributed by atoms with Crippen LogP contribution in [0.4, 0.5) is 5.95 Å². The maximum absolute atomic E-state index is 12.5. The third kappa shape index (κ3) is 5.77. The number of hydrogen-bond donors (Lipinski definition) is 2. The van der Waals surface area contributed by atoms with Crippen LogP contribution >= 0.6 is 0 Å². The van der Waals surface area contributed by atoms with E-state index in [1.54, 1.807) is 18.5 Å². The summed E-state index contributed by atoms with van der Waals surface area (Å²) in [4.78, 5) is 35.0. The molecule has 1 aromatic heterocycles. The van der Waals surface area contributed by atoms with Crippen molar-refractivity contribution in [2.75, 3.05) is 18.4 Å². The highest BCUT2D eigenvalue weighted by molar-refractivity contribution is 5.93. The standard InChI is InChI=1S/C18H29N5O2/c1-4-7-13(2)21-17(25)15-8-5-11-23(12-15)14(3)16(24)22-18-19-9-6-10-20-18/h6,9-10,13-15H,4-5,7-8,11-12H2,1-3H3,(H,21,25)(H,19,20,22,24). The summed E-state index contributed by atoms with van der Waals surface area (Å²) < 4.78 is 0. The zero-order valence-electron chi connectivity index (χ0n) is 15.4. The number of nitrogens with one attached hydrogen (secondary N) is 2. The third-order valence-electron chi connectivity index (χ3n) is 4.66. The number of anilines is 1. The Kier molecular flexibility index (Phi) is 7.31. The Morgan fingerprint density at radius 3 is 2.72 bits per heavy atom. The van der Waals surface area contributed by atoms with Crippen LogP contribution in [0.1, 0.15) is 46.5 Å². The molecule has 2 rings (SSSR count). The molecule has 2 N–H and O–H groups in total. The minimum Gasteiger partial charge on any atom is -0.353 e. The molecule has 7 nitrogen and oxygen atoms in total. The van der Waals surface area contributed by atoms with Gasteiger partial charge in [0.25, 0.3) is 0 Å². The van der Waals surface area contributed by atoms with Gasteiger partial charge < -0.3 is 5.32 Å². The van der Waals surface area contributed by atoms with Crippen molar-refractivity contribution in [1.82, 2.24) is 20.2 Å². The van der Waals surface area contributed by atoms with Crippen molar-refractivity contribution in [3.63, 3.8) is 0 Å². The fourth-order valence-electron chi connectivity index (χ4n) is 3.18. The quantitative estimate of drug-likeness (QED) is 0.786. The molecule has 2 heterocycles. The largest absolute Gasteiger partial charge is 0.353 e. The van der Waals surface area contributed by atoms with E-state index < -0.39 is 0 Å². The van der Waals surface area contributed by atoms with Crippen LogP contribution in [-0.4, -0.2) is 51.9 Å². The summed E-state index contributed by atoms with van der Waals surface area (Å²) in [5, 5.41) is 5.82. The fourth-order valence-corrected chi connectivity index (χ4v) is 3.18. The molecule has 0 saturated carbocycles. The van der Waals surface area contributed by atoms with E-state index >= 15 is 0 Å². The van der Waals surface area contributed by atoms with Gasteiger partial charge in [-0.15, -0.1) is 0 Å². The molecule has 7 heteroatoms. The molecule has 3 atom stereocenters. The molecular formula is C18H29N5O2. The molecule has 1 aromatic rings. The van der Waals surface area contributed by atoms with E-state index in [-0.39, 0.29) is 29.8 Å². The third-order valence-corrected chi connectivity index (χ3v) is 4.66. The van der Waals surface area contributed by atoms with Gasteiger partial charge in [0.05, 0.1) is 12.0 Å². The minimum absolute atomic E-state index is 0.0590. The smallest absolute Gasteiger partial charge is 0.243 e. The number of aromatic nitrogens is 2. The molecular weight excluding hydrogens is 318 g/mol. The number of likely N-dealkylation sites (tertiary alicyclic amines) is 1. The van der Waals surface area contributed by atoms with E-state index in [1.807, 2.05) is 13.8 Å². The second kappa shape index (κ2) is 9.46. The molecule has 0 aromatic carbocycles. The maximum Gasteiger partial charge on any atom is 0.243 e. The lowest BCUT2D eigenvalue weighted by Crippen LogP contribution is -2.50. The predicted octanol–water partition coefficient (Wildman–Crippen LogP) is 1.82. The number of rotatable bonds is 7. The minimum atomic E-state index is -0.326. The number of carbonyl (C=O) groups is 2. The molecule has 0 radical (unpaired) electrons. The number of carbonyl (C=O) groups excluding carboxylic acids is 2. The number of hydrogen-bond acceptors (Lipinski definition) is 5. The number of amides is 2. The summed E-state index contributed by atoms with van der Waals surface area (Å²) in [6, 6.07) is 1.57. The molecule has 2 amide bonds. The van der Waals surface area contributed by atoms with E-state index in [4.69, 9.17) is 0 Å². The van der Waals surface area contributed by atoms with Gasteiger partial charge >= 0.3 is 0 Å². The molecule has 3 unspecified atom stereocenters. The second-order valence-electron chi connectivity index (χ2n) is 6.77. The van der Waals surface area contributed by atoms with Gasteiger partial charge in [-0.25, -0.2) is 9.97 Å². The number of nitrogens with zero attached hydrogens (tertiary/aromatic N) is 3. The molecule has 0 spiro atoms. The van der Waals surface area contributed by atoms with Crippen LogP contribution in [0.3, 0.4) is 0 Å². The maximum atomic E-state index is 12.5. The van der Waals surface area contributed by atoms with Crippen LogP contribution in [-0.2, 0) is 9.59 Å². The van der Waals surface area contributed by atoms with Crippen LogP contribution in [0.2, 0.25) is 0 Å². The van der Waals surface area contributed by atoms with Crippen LogP contribution in [0.15, 0.2) is 18.5 Å². The van der Waals surface area contributed by atoms with Gasteiger partial charge in [-0.1, -0.05) is 13.3 Å². The van der Waals surface area contributed by atoms with E-state index in [0.29, 0.717) is 12.5 Å². The van der Waals surface area contributed by atoms with Gasteiger partial charge in [0.2, 0.25) is 17.8 Å². The molecule has 0 aliphatic carbocycles. The van der Waals surface area contributed by atoms with Crippen LogP contribution in [0.5, 0.6) is 0 Å². The van der Waals surface area contributed by atoms with Crippen molar-refractivity contribution in [3.05, 3.63) is 18.5 Å². The van der Waals surface area contributed by atoms with E-state index in [1.165, 1.54) is 0 Å². The summed E-state index contributed by atoms with van der Waals surface area (Å²) >= 11 is 0. The lowest BCUT2D eigenvalue weighted by atomic mass is 9.95. The SMILES string of the molecule is CCCC(C)NC(=O)C1CCCN(C(C)C(=O)Nc2ncccn2)C1. The molecule has 1 fully saturated rings. The van der Waals surface area contributed by atoms with Crippen LogP contribution < -0.4 is 10.6 Å². The van der Waals surface area contributed by atoms with Crippen molar-refractivity contribution in [1.29, 1.82) is 0 Å². The zero-order chi connectivity index (χ0) is 18.2. The summed E-state index contributed by atoms with van der Waals surface area (Å²) in [6.45, 7) is 7.44. The predicted molar refractivity (Wildman–Crippen MR) is 96.9 cm³/mol. The zero-order valence-corrected chi connectivity index (χ0v) is 15.4. The summed E-state index contributed by atoms with van der Waals surface area (Å²) in [7, 11) is 0. The first kappa shape index (κ1) is 19.3. The van der Waals surface area contributed by atoms with Gasteiger partial charge in [-0.3, -0.25) is 19.8 Å². The normalized spacial score (nSPS) is 20.5. The monoisotopic (exact) mass is 347 g/mol. The van der Waals surface area contributed by atoms with Crippen LogP contribution in [0, 0.1) is 5.92 Å². The Morgan fingerprint density at radius 2 is 2.04 bits per heavy atom. The van der Waals surface area contributed by atoms with Crippen molar-refractivity contribution >= 4 is 17.8 Å². The average Bonchev–Trinajstić information content (AvgIpc) is 2.62. The van der Waals surface area contributed by atoms with Crippen LogP contribution in [0.25, 0.3) is 0 Å². The van der Waals surface area contributed by atoms with Gasteiger partial charge in [0.15, 0.2) is 0 Å². The van der Waals surface area contributed by atoms with Crippen molar-refractivity contribution in [3.8, 4) is 0 Å². The van der Waals surface area contributed by atoms with Crippen molar-refractivity contribution in [2.45, 2.75) is 58.5 Å². The van der Waals surface area contributed by atoms with E-state index in [2.05, 4.69) is 32.4 Å². The Labute approximate surface area is 149 Å². The van der Waals surface area contributed by atoms with Gasteiger partial charge in [0.1, 0.15) is 0 Å². The number of piperidine rings is 1. The van der Waals surface area contributed by atoms with E-state index in [0.717, 1.165) is 32.2 Å². The van der Waals surface area contributed by atoms with Gasteiger partial charge in [0, 0.05) is 25.0 Å². The molecule has 25 heavy (non-hydrogen) atoms. The van der Waals surface area contributed by atoms with E-state index in [9.17, 15) is 9.59 Å². The second-order valence-corrected chi connectivity index (χ2v) is 6.77. The Bertz CT molecular complexity index is 566. The lowest BCUT2D eigenvalue weighted by Gasteiger charge is -2.35. The summed E-state index contributed by atoms with van der Waals surface area (Å²) in [5.41, 5.74) is 0. The first-order valence-corrected chi connectivity index (χ1v) is 9.13. The molecule has 1 aliphatic heterocycles. The van der Waals surface area contributed by atoms with Crippen molar-refractivity contribution in [2.24, 2.45) is 5.92 Å². The molecule has 1 aliphatic rings.